The van der Waals surface area contributed by atoms with Crippen molar-refractivity contribution >= 4 is 21.6 Å². The molecular formula is C17H18BrNO. The molecule has 0 aromatic heterocycles. The van der Waals surface area contributed by atoms with Crippen molar-refractivity contribution < 1.29 is 5.11 Å². The number of benzene rings is 2. The van der Waals surface area contributed by atoms with Gasteiger partial charge in [-0.15, -0.1) is 0 Å². The summed E-state index contributed by atoms with van der Waals surface area (Å²) in [6, 6.07) is 16.4. The number of aliphatic hydroxyl groups excluding tert-OH is 1. The lowest BCUT2D eigenvalue weighted by atomic mass is 9.97. The van der Waals surface area contributed by atoms with Crippen LogP contribution in [0.3, 0.4) is 0 Å². The van der Waals surface area contributed by atoms with Crippen molar-refractivity contribution in [2.45, 2.75) is 24.8 Å². The summed E-state index contributed by atoms with van der Waals surface area (Å²) in [6.07, 6.45) is 2.54. The van der Waals surface area contributed by atoms with Crippen LogP contribution in [0.25, 0.3) is 0 Å². The Morgan fingerprint density at radius 2 is 1.80 bits per heavy atom. The highest BCUT2D eigenvalue weighted by Gasteiger charge is 2.28. The molecular weight excluding hydrogens is 314 g/mol. The molecule has 2 aromatic rings. The van der Waals surface area contributed by atoms with E-state index in [0.717, 1.165) is 10.2 Å². The largest absolute Gasteiger partial charge is 0.394 e. The van der Waals surface area contributed by atoms with Crippen molar-refractivity contribution in [2.24, 2.45) is 0 Å². The number of aliphatic hydroxyl groups is 1. The Kier molecular flexibility index (Phi) is 4.08. The van der Waals surface area contributed by atoms with Crippen LogP contribution in [0.2, 0.25) is 0 Å². The van der Waals surface area contributed by atoms with Crippen molar-refractivity contribution in [3.05, 3.63) is 64.1 Å². The summed E-state index contributed by atoms with van der Waals surface area (Å²) in [7, 11) is 0. The first-order valence-corrected chi connectivity index (χ1v) is 7.79. The first kappa shape index (κ1) is 13.7. The smallest absolute Gasteiger partial charge is 0.0748 e. The Labute approximate surface area is 128 Å². The second-order valence-electron chi connectivity index (χ2n) is 5.26. The van der Waals surface area contributed by atoms with E-state index < -0.39 is 0 Å². The molecule has 104 valence electrons. The second-order valence-corrected chi connectivity index (χ2v) is 6.12. The Morgan fingerprint density at radius 1 is 1.10 bits per heavy atom. The maximum absolute atomic E-state index is 9.78. The van der Waals surface area contributed by atoms with E-state index in [4.69, 9.17) is 0 Å². The first-order valence-electron chi connectivity index (χ1n) is 7.00. The van der Waals surface area contributed by atoms with Crippen molar-refractivity contribution in [1.29, 1.82) is 0 Å². The number of hydrogen-bond acceptors (Lipinski definition) is 2. The van der Waals surface area contributed by atoms with Gasteiger partial charge in [-0.05, 0) is 57.9 Å². The van der Waals surface area contributed by atoms with Gasteiger partial charge in [0, 0.05) is 10.2 Å². The summed E-state index contributed by atoms with van der Waals surface area (Å²) >= 11 is 3.54. The number of rotatable bonds is 5. The van der Waals surface area contributed by atoms with Crippen LogP contribution in [0.4, 0.5) is 5.69 Å². The molecule has 20 heavy (non-hydrogen) atoms. The first-order chi connectivity index (χ1) is 9.79. The monoisotopic (exact) mass is 331 g/mol. The third-order valence-electron chi connectivity index (χ3n) is 3.77. The van der Waals surface area contributed by atoms with E-state index >= 15 is 0 Å². The van der Waals surface area contributed by atoms with Gasteiger partial charge in [-0.25, -0.2) is 0 Å². The van der Waals surface area contributed by atoms with E-state index in [9.17, 15) is 5.11 Å². The van der Waals surface area contributed by atoms with Crippen molar-refractivity contribution in [2.75, 3.05) is 11.9 Å². The van der Waals surface area contributed by atoms with E-state index in [0.29, 0.717) is 5.92 Å². The summed E-state index contributed by atoms with van der Waals surface area (Å²) in [6.45, 7) is 0.0884. The van der Waals surface area contributed by atoms with E-state index in [1.165, 1.54) is 24.0 Å². The Hall–Kier alpha value is -1.32. The molecule has 1 aliphatic carbocycles. The summed E-state index contributed by atoms with van der Waals surface area (Å²) in [5.74, 6) is 0.682. The molecule has 1 atom stereocenters. The number of nitrogens with one attached hydrogen (secondary N) is 1. The van der Waals surface area contributed by atoms with Crippen LogP contribution < -0.4 is 5.32 Å². The molecule has 0 saturated heterocycles. The SMILES string of the molecule is OCC(Nc1ccccc1Br)c1ccccc1C1CC1. The standard InChI is InChI=1S/C17H18BrNO/c18-15-7-3-4-8-16(15)19-17(11-20)14-6-2-1-5-13(14)12-9-10-12/h1-8,12,17,19-20H,9-11H2. The number of anilines is 1. The summed E-state index contributed by atoms with van der Waals surface area (Å²) in [4.78, 5) is 0. The van der Waals surface area contributed by atoms with Crippen molar-refractivity contribution in [3.8, 4) is 0 Å². The summed E-state index contributed by atoms with van der Waals surface area (Å²) < 4.78 is 1.02. The van der Waals surface area contributed by atoms with Crippen LogP contribution >= 0.6 is 15.9 Å². The van der Waals surface area contributed by atoms with Crippen LogP contribution in [-0.4, -0.2) is 11.7 Å². The van der Waals surface area contributed by atoms with Crippen molar-refractivity contribution in [1.82, 2.24) is 0 Å². The minimum Gasteiger partial charge on any atom is -0.394 e. The van der Waals surface area contributed by atoms with E-state index in [-0.39, 0.29) is 12.6 Å². The lowest BCUT2D eigenvalue weighted by Crippen LogP contribution is -2.16. The maximum atomic E-state index is 9.78. The fourth-order valence-electron chi connectivity index (χ4n) is 2.58. The minimum atomic E-state index is -0.0644. The average Bonchev–Trinajstić information content (AvgIpc) is 3.31. The van der Waals surface area contributed by atoms with Gasteiger partial charge in [0.2, 0.25) is 0 Å². The predicted molar refractivity (Wildman–Crippen MR) is 86.0 cm³/mol. The summed E-state index contributed by atoms with van der Waals surface area (Å²) in [5.41, 5.74) is 3.61. The average molecular weight is 332 g/mol. The Balaban J connectivity index is 1.89. The van der Waals surface area contributed by atoms with E-state index in [1.807, 2.05) is 30.3 Å². The molecule has 2 nitrogen and oxygen atoms in total. The lowest BCUT2D eigenvalue weighted by molar-refractivity contribution is 0.276. The summed E-state index contributed by atoms with van der Waals surface area (Å²) in [5, 5.41) is 13.2. The van der Waals surface area contributed by atoms with Crippen LogP contribution in [0.5, 0.6) is 0 Å². The van der Waals surface area contributed by atoms with Gasteiger partial charge in [0.25, 0.3) is 0 Å². The molecule has 1 unspecified atom stereocenters. The van der Waals surface area contributed by atoms with Crippen LogP contribution in [0, 0.1) is 0 Å². The van der Waals surface area contributed by atoms with Gasteiger partial charge in [-0.1, -0.05) is 36.4 Å². The zero-order valence-corrected chi connectivity index (χ0v) is 12.8. The molecule has 1 fully saturated rings. The molecule has 1 saturated carbocycles. The van der Waals surface area contributed by atoms with Gasteiger partial charge in [0.15, 0.2) is 0 Å². The van der Waals surface area contributed by atoms with Gasteiger partial charge in [0.05, 0.1) is 12.6 Å². The minimum absolute atomic E-state index is 0.0644. The molecule has 0 heterocycles. The molecule has 3 heteroatoms. The fourth-order valence-corrected chi connectivity index (χ4v) is 2.98. The van der Waals surface area contributed by atoms with Gasteiger partial charge >= 0.3 is 0 Å². The molecule has 1 aliphatic rings. The Bertz CT molecular complexity index is 595. The quantitative estimate of drug-likeness (QED) is 0.847. The predicted octanol–water partition coefficient (Wildman–Crippen LogP) is 4.47. The molecule has 0 bridgehead atoms. The van der Waals surface area contributed by atoms with Gasteiger partial charge in [-0.3, -0.25) is 0 Å². The number of para-hydroxylation sites is 1. The van der Waals surface area contributed by atoms with Gasteiger partial charge < -0.3 is 10.4 Å². The van der Waals surface area contributed by atoms with Gasteiger partial charge in [0.1, 0.15) is 0 Å². The zero-order valence-electron chi connectivity index (χ0n) is 11.2. The number of halogens is 1. The second kappa shape index (κ2) is 5.98. The number of hydrogen-bond donors (Lipinski definition) is 2. The van der Waals surface area contributed by atoms with Crippen LogP contribution in [0.15, 0.2) is 53.0 Å². The molecule has 0 radical (unpaired) electrons. The molecule has 2 aromatic carbocycles. The molecule has 2 N–H and O–H groups in total. The Morgan fingerprint density at radius 3 is 2.50 bits per heavy atom. The topological polar surface area (TPSA) is 32.3 Å². The molecule has 0 spiro atoms. The third-order valence-corrected chi connectivity index (χ3v) is 4.47. The third kappa shape index (κ3) is 2.89. The molecule has 0 aliphatic heterocycles. The maximum Gasteiger partial charge on any atom is 0.0748 e. The van der Waals surface area contributed by atoms with Gasteiger partial charge in [-0.2, -0.15) is 0 Å². The highest BCUT2D eigenvalue weighted by atomic mass is 79.9. The van der Waals surface area contributed by atoms with Crippen molar-refractivity contribution in [3.63, 3.8) is 0 Å². The zero-order chi connectivity index (χ0) is 13.9. The highest BCUT2D eigenvalue weighted by Crippen LogP contribution is 2.43. The molecule has 0 amide bonds. The van der Waals surface area contributed by atoms with E-state index in [2.05, 4.69) is 39.4 Å². The van der Waals surface area contributed by atoms with E-state index in [1.54, 1.807) is 0 Å². The fraction of sp³-hybridized carbons (Fsp3) is 0.294. The lowest BCUT2D eigenvalue weighted by Gasteiger charge is -2.21. The highest BCUT2D eigenvalue weighted by molar-refractivity contribution is 9.10. The molecule has 3 rings (SSSR count). The van der Waals surface area contributed by atoms with Crippen LogP contribution in [-0.2, 0) is 0 Å². The van der Waals surface area contributed by atoms with Crippen LogP contribution in [0.1, 0.15) is 35.9 Å². The normalized spacial score (nSPS) is 15.9.